The van der Waals surface area contributed by atoms with Crippen molar-refractivity contribution in [3.8, 4) is 0 Å². The molecule has 0 saturated carbocycles. The zero-order valence-corrected chi connectivity index (χ0v) is 9.94. The zero-order chi connectivity index (χ0) is 11.4. The number of aliphatic imine (C=N–C) groups is 1. The van der Waals surface area contributed by atoms with Gasteiger partial charge in [-0.25, -0.2) is 4.99 Å². The number of thioether (sulfide) groups is 1. The highest BCUT2D eigenvalue weighted by Gasteiger charge is 2.19. The Labute approximate surface area is 94.0 Å². The van der Waals surface area contributed by atoms with Gasteiger partial charge in [-0.2, -0.15) is 0 Å². The SMILES string of the molecule is C=C(/N=C1/C(=O)NC(C)=C/C1=C/C)SC. The quantitative estimate of drug-likeness (QED) is 0.778. The molecule has 80 valence electrons. The van der Waals surface area contributed by atoms with Crippen LogP contribution in [-0.4, -0.2) is 17.9 Å². The molecule has 1 rings (SSSR count). The summed E-state index contributed by atoms with van der Waals surface area (Å²) >= 11 is 1.42. The molecule has 0 aromatic heterocycles. The minimum Gasteiger partial charge on any atom is -0.325 e. The summed E-state index contributed by atoms with van der Waals surface area (Å²) in [5.74, 6) is -0.168. The van der Waals surface area contributed by atoms with Gasteiger partial charge in [0.05, 0.1) is 5.03 Å². The van der Waals surface area contributed by atoms with Crippen LogP contribution in [0.15, 0.2) is 40.0 Å². The van der Waals surface area contributed by atoms with Gasteiger partial charge in [0.2, 0.25) is 0 Å². The fourth-order valence-corrected chi connectivity index (χ4v) is 1.40. The van der Waals surface area contributed by atoms with E-state index in [4.69, 9.17) is 0 Å². The zero-order valence-electron chi connectivity index (χ0n) is 9.13. The molecule has 0 aromatic carbocycles. The van der Waals surface area contributed by atoms with Crippen molar-refractivity contribution in [1.29, 1.82) is 0 Å². The predicted molar refractivity (Wildman–Crippen MR) is 65.7 cm³/mol. The van der Waals surface area contributed by atoms with Crippen molar-refractivity contribution in [1.82, 2.24) is 5.32 Å². The van der Waals surface area contributed by atoms with Gasteiger partial charge in [0.25, 0.3) is 5.91 Å². The molecule has 1 amide bonds. The summed E-state index contributed by atoms with van der Waals surface area (Å²) in [6.07, 6.45) is 5.64. The molecule has 0 atom stereocenters. The number of nitrogens with one attached hydrogen (secondary N) is 1. The van der Waals surface area contributed by atoms with Gasteiger partial charge in [-0.1, -0.05) is 12.7 Å². The van der Waals surface area contributed by atoms with Gasteiger partial charge in [0.1, 0.15) is 5.71 Å². The van der Waals surface area contributed by atoms with E-state index in [1.807, 2.05) is 32.3 Å². The Morgan fingerprint density at radius 2 is 2.33 bits per heavy atom. The lowest BCUT2D eigenvalue weighted by Gasteiger charge is -2.15. The first kappa shape index (κ1) is 11.8. The van der Waals surface area contributed by atoms with E-state index in [-0.39, 0.29) is 5.91 Å². The van der Waals surface area contributed by atoms with E-state index in [9.17, 15) is 4.79 Å². The van der Waals surface area contributed by atoms with E-state index >= 15 is 0 Å². The fraction of sp³-hybridized carbons (Fsp3) is 0.273. The highest BCUT2D eigenvalue weighted by Crippen LogP contribution is 2.16. The highest BCUT2D eigenvalue weighted by atomic mass is 32.2. The summed E-state index contributed by atoms with van der Waals surface area (Å²) in [7, 11) is 0. The summed E-state index contributed by atoms with van der Waals surface area (Å²) in [6.45, 7) is 7.47. The molecule has 1 N–H and O–H groups in total. The lowest BCUT2D eigenvalue weighted by atomic mass is 10.1. The average molecular weight is 222 g/mol. The fourth-order valence-electron chi connectivity index (χ4n) is 1.21. The second-order valence-electron chi connectivity index (χ2n) is 3.08. The van der Waals surface area contributed by atoms with Gasteiger partial charge in [-0.3, -0.25) is 4.79 Å². The van der Waals surface area contributed by atoms with Crippen LogP contribution < -0.4 is 5.32 Å². The second kappa shape index (κ2) is 4.98. The maximum Gasteiger partial charge on any atom is 0.274 e. The smallest absolute Gasteiger partial charge is 0.274 e. The first-order valence-corrected chi connectivity index (χ1v) is 5.79. The van der Waals surface area contributed by atoms with Crippen LogP contribution in [0.3, 0.4) is 0 Å². The number of carbonyl (C=O) groups excluding carboxylic acids is 1. The first-order valence-electron chi connectivity index (χ1n) is 4.56. The lowest BCUT2D eigenvalue weighted by Crippen LogP contribution is -2.34. The lowest BCUT2D eigenvalue weighted by molar-refractivity contribution is -0.114. The molecule has 0 unspecified atom stereocenters. The Balaban J connectivity index is 3.12. The van der Waals surface area contributed by atoms with E-state index in [0.29, 0.717) is 10.7 Å². The Hall–Kier alpha value is -1.29. The third kappa shape index (κ3) is 2.83. The molecule has 15 heavy (non-hydrogen) atoms. The molecule has 0 bridgehead atoms. The monoisotopic (exact) mass is 222 g/mol. The van der Waals surface area contributed by atoms with Crippen LogP contribution in [0.2, 0.25) is 0 Å². The van der Waals surface area contributed by atoms with E-state index in [0.717, 1.165) is 11.3 Å². The minimum absolute atomic E-state index is 0.168. The van der Waals surface area contributed by atoms with Crippen molar-refractivity contribution in [3.05, 3.63) is 35.0 Å². The van der Waals surface area contributed by atoms with Gasteiger partial charge < -0.3 is 5.32 Å². The third-order valence-electron chi connectivity index (χ3n) is 1.95. The van der Waals surface area contributed by atoms with Crippen molar-refractivity contribution in [2.45, 2.75) is 13.8 Å². The van der Waals surface area contributed by atoms with Gasteiger partial charge in [0.15, 0.2) is 0 Å². The van der Waals surface area contributed by atoms with Crippen LogP contribution in [0.4, 0.5) is 0 Å². The van der Waals surface area contributed by atoms with E-state index in [1.165, 1.54) is 11.8 Å². The number of rotatable bonds is 2. The Kier molecular flexibility index (Phi) is 3.91. The van der Waals surface area contributed by atoms with Crippen molar-refractivity contribution in [2.75, 3.05) is 6.26 Å². The van der Waals surface area contributed by atoms with E-state index in [1.54, 1.807) is 0 Å². The molecule has 0 saturated heterocycles. The molecule has 0 aliphatic carbocycles. The highest BCUT2D eigenvalue weighted by molar-refractivity contribution is 8.02. The summed E-state index contributed by atoms with van der Waals surface area (Å²) in [5.41, 5.74) is 2.11. The molecular formula is C11H14N2OS. The number of hydrogen-bond donors (Lipinski definition) is 1. The van der Waals surface area contributed by atoms with Crippen LogP contribution in [0.5, 0.6) is 0 Å². The first-order chi connectivity index (χ1) is 7.08. The second-order valence-corrected chi connectivity index (χ2v) is 3.96. The van der Waals surface area contributed by atoms with Crippen LogP contribution in [-0.2, 0) is 4.79 Å². The van der Waals surface area contributed by atoms with Gasteiger partial charge in [0, 0.05) is 11.3 Å². The van der Waals surface area contributed by atoms with Gasteiger partial charge >= 0.3 is 0 Å². The van der Waals surface area contributed by atoms with Crippen molar-refractivity contribution in [2.24, 2.45) is 4.99 Å². The maximum atomic E-state index is 11.7. The number of nitrogens with zero attached hydrogens (tertiary/aromatic N) is 1. The summed E-state index contributed by atoms with van der Waals surface area (Å²) in [5, 5.41) is 3.36. The number of amides is 1. The third-order valence-corrected chi connectivity index (χ3v) is 2.52. The molecule has 1 aliphatic heterocycles. The van der Waals surface area contributed by atoms with Crippen LogP contribution in [0.1, 0.15) is 13.8 Å². The molecule has 1 aliphatic rings. The molecule has 1 heterocycles. The van der Waals surface area contributed by atoms with Crippen LogP contribution in [0, 0.1) is 0 Å². The van der Waals surface area contributed by atoms with Crippen LogP contribution in [0.25, 0.3) is 0 Å². The van der Waals surface area contributed by atoms with Crippen molar-refractivity contribution >= 4 is 23.4 Å². The molecular weight excluding hydrogens is 208 g/mol. The van der Waals surface area contributed by atoms with Gasteiger partial charge in [-0.05, 0) is 26.2 Å². The summed E-state index contributed by atoms with van der Waals surface area (Å²) < 4.78 is 0. The Morgan fingerprint density at radius 1 is 1.67 bits per heavy atom. The Bertz CT molecular complexity index is 391. The number of hydrogen-bond acceptors (Lipinski definition) is 3. The normalized spacial score (nSPS) is 21.5. The Morgan fingerprint density at radius 3 is 2.87 bits per heavy atom. The topological polar surface area (TPSA) is 41.5 Å². The maximum absolute atomic E-state index is 11.7. The van der Waals surface area contributed by atoms with Crippen molar-refractivity contribution < 1.29 is 4.79 Å². The molecule has 3 nitrogen and oxygen atoms in total. The molecule has 0 radical (unpaired) electrons. The minimum atomic E-state index is -0.168. The van der Waals surface area contributed by atoms with E-state index in [2.05, 4.69) is 16.9 Å². The number of carbonyl (C=O) groups is 1. The van der Waals surface area contributed by atoms with Crippen LogP contribution >= 0.6 is 11.8 Å². The van der Waals surface area contributed by atoms with Crippen molar-refractivity contribution in [3.63, 3.8) is 0 Å². The molecule has 0 spiro atoms. The molecule has 0 fully saturated rings. The molecule has 4 heteroatoms. The largest absolute Gasteiger partial charge is 0.325 e. The van der Waals surface area contributed by atoms with E-state index < -0.39 is 0 Å². The average Bonchev–Trinajstić information content (AvgIpc) is 2.21. The number of allylic oxidation sites excluding steroid dienone is 3. The predicted octanol–water partition coefficient (Wildman–Crippen LogP) is 2.24. The standard InChI is InChI=1S/C11H14N2OS/c1-5-9-6-7(2)12-11(14)10(9)13-8(3)15-4/h5-6H,3H2,1-2,4H3,(H,12,14)/b9-5-,13-10+. The molecule has 0 aromatic rings. The summed E-state index contributed by atoms with van der Waals surface area (Å²) in [6, 6.07) is 0. The van der Waals surface area contributed by atoms with Gasteiger partial charge in [-0.15, -0.1) is 11.8 Å². The summed E-state index contributed by atoms with van der Waals surface area (Å²) in [4.78, 5) is 15.8.